The van der Waals surface area contributed by atoms with Crippen LogP contribution in [0.4, 0.5) is 8.78 Å². The molecule has 228 valence electrons. The molecule has 2 N–H and O–H groups in total. The van der Waals surface area contributed by atoms with Gasteiger partial charge in [0, 0.05) is 57.8 Å². The van der Waals surface area contributed by atoms with Gasteiger partial charge in [0.1, 0.15) is 22.3 Å². The number of aromatic hydroxyl groups is 1. The molecule has 2 aliphatic heterocycles. The summed E-state index contributed by atoms with van der Waals surface area (Å²) >= 11 is 1.04. The van der Waals surface area contributed by atoms with Crippen molar-refractivity contribution in [2.24, 2.45) is 11.8 Å². The Labute approximate surface area is 250 Å². The van der Waals surface area contributed by atoms with E-state index in [0.717, 1.165) is 36.5 Å². The van der Waals surface area contributed by atoms with E-state index in [4.69, 9.17) is 4.74 Å². The highest BCUT2D eigenvalue weighted by Crippen LogP contribution is 2.42. The highest BCUT2D eigenvalue weighted by Gasteiger charge is 2.50. The third-order valence-corrected chi connectivity index (χ3v) is 9.98. The maximum Gasteiger partial charge on any atom is 0.278 e. The van der Waals surface area contributed by atoms with Crippen LogP contribution in [0.2, 0.25) is 0 Å². The smallest absolute Gasteiger partial charge is 0.278 e. The first kappa shape index (κ1) is 29.2. The van der Waals surface area contributed by atoms with Crippen LogP contribution in [0.3, 0.4) is 0 Å². The Morgan fingerprint density at radius 2 is 1.95 bits per heavy atom. The third-order valence-electron chi connectivity index (χ3n) is 9.02. The number of nitrogens with zero attached hydrogens (tertiary/aromatic N) is 5. The van der Waals surface area contributed by atoms with Crippen molar-refractivity contribution in [1.29, 1.82) is 0 Å². The Hall–Kier alpha value is -3.91. The Bertz CT molecular complexity index is 1630. The second kappa shape index (κ2) is 11.3. The summed E-state index contributed by atoms with van der Waals surface area (Å²) in [7, 11) is 3.43. The molecule has 0 bridgehead atoms. The van der Waals surface area contributed by atoms with E-state index in [1.165, 1.54) is 16.9 Å². The van der Waals surface area contributed by atoms with Gasteiger partial charge in [-0.1, -0.05) is 17.4 Å². The van der Waals surface area contributed by atoms with Crippen molar-refractivity contribution in [1.82, 2.24) is 25.1 Å². The minimum Gasteiger partial charge on any atom is -0.502 e. The van der Waals surface area contributed by atoms with E-state index in [1.54, 1.807) is 19.0 Å². The molecular formula is C29H32F2N6O5S. The topological polar surface area (TPSA) is 130 Å². The van der Waals surface area contributed by atoms with E-state index in [-0.39, 0.29) is 40.1 Å². The van der Waals surface area contributed by atoms with Crippen LogP contribution in [0.5, 0.6) is 5.75 Å². The molecule has 2 aromatic heterocycles. The standard InChI is InChI=1S/C29H32F2N6O5S/c1-35-28(41)23-25(39)24(38)20(27-34-33-22(43-27)11-18-3-4-19(30)12-21(18)31)14-37(23)36(2)29(35)8-5-17(6-9-29)26(40)32-13-16-7-10-42-15-16/h3-4,12,14,16-17,39H,5-11,13,15H2,1-2H3,(H,32,40). The van der Waals surface area contributed by atoms with Gasteiger partial charge in [-0.25, -0.2) is 8.78 Å². The number of carbonyl (C=O) groups is 2. The van der Waals surface area contributed by atoms with E-state index >= 15 is 0 Å². The van der Waals surface area contributed by atoms with Gasteiger partial charge < -0.3 is 20.1 Å². The molecule has 1 aromatic carbocycles. The van der Waals surface area contributed by atoms with Crippen molar-refractivity contribution in [3.8, 4) is 16.3 Å². The molecule has 3 aromatic rings. The van der Waals surface area contributed by atoms with Gasteiger partial charge in [0.25, 0.3) is 5.91 Å². The fraction of sp³-hybridized carbons (Fsp3) is 0.483. The molecule has 1 saturated carbocycles. The predicted molar refractivity (Wildman–Crippen MR) is 153 cm³/mol. The van der Waals surface area contributed by atoms with Crippen molar-refractivity contribution >= 4 is 23.2 Å². The lowest BCUT2D eigenvalue weighted by atomic mass is 9.79. The minimum atomic E-state index is -0.786. The van der Waals surface area contributed by atoms with E-state index in [1.807, 2.05) is 5.01 Å². The Kier molecular flexibility index (Phi) is 7.67. The highest BCUT2D eigenvalue weighted by atomic mass is 32.1. The lowest BCUT2D eigenvalue weighted by Crippen LogP contribution is -2.69. The van der Waals surface area contributed by atoms with E-state index < -0.39 is 34.4 Å². The van der Waals surface area contributed by atoms with Gasteiger partial charge in [0.05, 0.1) is 12.2 Å². The number of rotatable bonds is 6. The Balaban J connectivity index is 1.24. The van der Waals surface area contributed by atoms with Crippen LogP contribution in [0, 0.1) is 23.5 Å². The maximum atomic E-state index is 14.2. The molecular weight excluding hydrogens is 582 g/mol. The van der Waals surface area contributed by atoms with Crippen molar-refractivity contribution in [2.75, 3.05) is 38.9 Å². The molecule has 2 fully saturated rings. The van der Waals surface area contributed by atoms with Gasteiger partial charge in [-0.05, 0) is 43.7 Å². The number of ether oxygens (including phenoxy) is 1. The van der Waals surface area contributed by atoms with Gasteiger partial charge in [-0.2, -0.15) is 0 Å². The fourth-order valence-electron chi connectivity index (χ4n) is 6.34. The molecule has 11 nitrogen and oxygen atoms in total. The molecule has 1 spiro atoms. The molecule has 1 saturated heterocycles. The lowest BCUT2D eigenvalue weighted by Gasteiger charge is -2.55. The minimum absolute atomic E-state index is 0.00534. The zero-order chi connectivity index (χ0) is 30.5. The zero-order valence-electron chi connectivity index (χ0n) is 23.8. The van der Waals surface area contributed by atoms with Crippen LogP contribution in [0.15, 0.2) is 29.2 Å². The predicted octanol–water partition coefficient (Wildman–Crippen LogP) is 2.63. The number of pyridine rings is 1. The SMILES string of the molecule is CN1C(=O)c2c(O)c(=O)c(-c3nnc(Cc4ccc(F)cc4F)s3)cn2N(C)C12CCC(C(=O)NCC1CCOC1)CC2. The Morgan fingerprint density at radius 1 is 1.19 bits per heavy atom. The Morgan fingerprint density at radius 3 is 2.65 bits per heavy atom. The van der Waals surface area contributed by atoms with Crippen LogP contribution >= 0.6 is 11.3 Å². The number of carbonyl (C=O) groups excluding carboxylic acids is 2. The summed E-state index contributed by atoms with van der Waals surface area (Å²) in [6.07, 6.45) is 4.57. The van der Waals surface area contributed by atoms with Gasteiger partial charge in [0.15, 0.2) is 16.5 Å². The molecule has 1 atom stereocenters. The van der Waals surface area contributed by atoms with Crippen LogP contribution in [-0.2, 0) is 16.0 Å². The van der Waals surface area contributed by atoms with Crippen LogP contribution in [0.1, 0.15) is 53.2 Å². The van der Waals surface area contributed by atoms with E-state index in [9.17, 15) is 28.3 Å². The first-order valence-corrected chi connectivity index (χ1v) is 15.0. The second-order valence-electron chi connectivity index (χ2n) is 11.4. The molecule has 43 heavy (non-hydrogen) atoms. The number of hydrogen-bond donors (Lipinski definition) is 2. The van der Waals surface area contributed by atoms with Crippen molar-refractivity contribution in [3.63, 3.8) is 0 Å². The van der Waals surface area contributed by atoms with Crippen LogP contribution in [0.25, 0.3) is 10.6 Å². The van der Waals surface area contributed by atoms with Crippen molar-refractivity contribution in [3.05, 3.63) is 62.5 Å². The average molecular weight is 615 g/mol. The largest absolute Gasteiger partial charge is 0.502 e. The number of amides is 2. The van der Waals surface area contributed by atoms with Crippen molar-refractivity contribution < 1.29 is 28.2 Å². The molecule has 1 aliphatic carbocycles. The van der Waals surface area contributed by atoms with Crippen LogP contribution in [-0.4, -0.2) is 76.2 Å². The third kappa shape index (κ3) is 5.16. The second-order valence-corrected chi connectivity index (χ2v) is 12.5. The summed E-state index contributed by atoms with van der Waals surface area (Å²) in [4.78, 5) is 41.3. The molecule has 0 radical (unpaired) electrons. The monoisotopic (exact) mass is 614 g/mol. The number of halogens is 2. The fourth-order valence-corrected chi connectivity index (χ4v) is 7.21. The molecule has 6 rings (SSSR count). The number of nitrogens with one attached hydrogen (secondary N) is 1. The molecule has 14 heteroatoms. The first-order chi connectivity index (χ1) is 20.6. The van der Waals surface area contributed by atoms with Crippen molar-refractivity contribution in [2.45, 2.75) is 44.2 Å². The van der Waals surface area contributed by atoms with Gasteiger partial charge >= 0.3 is 0 Å². The lowest BCUT2D eigenvalue weighted by molar-refractivity contribution is -0.127. The normalized spacial score (nSPS) is 23.6. The summed E-state index contributed by atoms with van der Waals surface area (Å²) in [6, 6.07) is 3.27. The molecule has 4 heterocycles. The highest BCUT2D eigenvalue weighted by molar-refractivity contribution is 7.14. The van der Waals surface area contributed by atoms with Gasteiger partial charge in [0.2, 0.25) is 11.3 Å². The quantitative estimate of drug-likeness (QED) is 0.434. The molecule has 3 aliphatic rings. The van der Waals surface area contributed by atoms with E-state index in [0.29, 0.717) is 49.8 Å². The van der Waals surface area contributed by atoms with Gasteiger partial charge in [-0.3, -0.25) is 24.1 Å². The van der Waals surface area contributed by atoms with Gasteiger partial charge in [-0.15, -0.1) is 10.2 Å². The average Bonchev–Trinajstić information content (AvgIpc) is 3.69. The summed E-state index contributed by atoms with van der Waals surface area (Å²) in [5.74, 6) is -2.46. The first-order valence-electron chi connectivity index (χ1n) is 14.2. The maximum absolute atomic E-state index is 14.2. The number of hydrogen-bond acceptors (Lipinski definition) is 9. The van der Waals surface area contributed by atoms with E-state index in [2.05, 4.69) is 15.5 Å². The summed E-state index contributed by atoms with van der Waals surface area (Å²) < 4.78 is 34.4. The number of aromatic nitrogens is 3. The van der Waals surface area contributed by atoms with Crippen LogP contribution < -0.4 is 15.8 Å². The number of benzene rings is 1. The zero-order valence-corrected chi connectivity index (χ0v) is 24.6. The molecule has 2 amide bonds. The summed E-state index contributed by atoms with van der Waals surface area (Å²) in [5, 5.41) is 24.6. The number of fused-ring (bicyclic) bond motifs is 1. The summed E-state index contributed by atoms with van der Waals surface area (Å²) in [6.45, 7) is 1.97. The molecule has 1 unspecified atom stereocenters. The summed E-state index contributed by atoms with van der Waals surface area (Å²) in [5.41, 5.74) is -1.47.